The molecule has 46 heavy (non-hydrogen) atoms. The first-order chi connectivity index (χ1) is 21.9. The van der Waals surface area contributed by atoms with Gasteiger partial charge >= 0.3 is 23.9 Å². The Hall–Kier alpha value is -5.06. The van der Waals surface area contributed by atoms with Gasteiger partial charge in [0.1, 0.15) is 29.2 Å². The molecule has 2 aromatic carbocycles. The molecule has 1 aromatic heterocycles. The summed E-state index contributed by atoms with van der Waals surface area (Å²) in [5, 5.41) is 10.4. The van der Waals surface area contributed by atoms with Gasteiger partial charge in [-0.3, -0.25) is 19.2 Å². The van der Waals surface area contributed by atoms with Crippen molar-refractivity contribution in [2.24, 2.45) is 0 Å². The summed E-state index contributed by atoms with van der Waals surface area (Å²) in [6.45, 7) is 4.20. The Morgan fingerprint density at radius 2 is 1.41 bits per heavy atom. The van der Waals surface area contributed by atoms with Gasteiger partial charge in [-0.2, -0.15) is 5.26 Å². The molecule has 1 aliphatic rings. The van der Waals surface area contributed by atoms with Gasteiger partial charge in [0.05, 0.1) is 18.4 Å². The molecule has 4 rings (SSSR count). The lowest BCUT2D eigenvalue weighted by Gasteiger charge is -2.45. The smallest absolute Gasteiger partial charge is 0.303 e. The number of carbonyl (C=O) groups is 4. The molecule has 13 heteroatoms. The predicted octanol–water partition coefficient (Wildman–Crippen LogP) is 4.69. The highest BCUT2D eigenvalue weighted by molar-refractivity contribution is 7.71. The normalized spacial score (nSPS) is 20.5. The van der Waals surface area contributed by atoms with Gasteiger partial charge in [-0.25, -0.2) is 0 Å². The first kappa shape index (κ1) is 33.8. The lowest BCUT2D eigenvalue weighted by atomic mass is 9.95. The van der Waals surface area contributed by atoms with Gasteiger partial charge in [0, 0.05) is 33.3 Å². The Morgan fingerprint density at radius 1 is 0.826 bits per heavy atom. The summed E-state index contributed by atoms with van der Waals surface area (Å²) in [6, 6.07) is 20.1. The zero-order valence-electron chi connectivity index (χ0n) is 25.8. The van der Waals surface area contributed by atoms with E-state index in [0.29, 0.717) is 28.1 Å². The fourth-order valence-electron chi connectivity index (χ4n) is 5.23. The number of nitriles is 1. The Balaban J connectivity index is 2.04. The fourth-order valence-corrected chi connectivity index (χ4v) is 5.58. The number of esters is 4. The third-order valence-corrected chi connectivity index (χ3v) is 7.45. The molecule has 0 radical (unpaired) electrons. The van der Waals surface area contributed by atoms with Crippen LogP contribution in [0.2, 0.25) is 0 Å². The first-order valence-electron chi connectivity index (χ1n) is 14.1. The van der Waals surface area contributed by atoms with Gasteiger partial charge < -0.3 is 33.0 Å². The number of hydrogen-bond acceptors (Lipinski definition) is 12. The average molecular weight is 649 g/mol. The number of benzene rings is 2. The molecule has 1 fully saturated rings. The van der Waals surface area contributed by atoms with Crippen molar-refractivity contribution in [3.05, 3.63) is 70.9 Å². The van der Waals surface area contributed by atoms with Crippen LogP contribution in [0.5, 0.6) is 5.75 Å². The van der Waals surface area contributed by atoms with E-state index in [-0.39, 0.29) is 10.2 Å². The summed E-state index contributed by atoms with van der Waals surface area (Å²) >= 11 is 5.95. The van der Waals surface area contributed by atoms with Crippen molar-refractivity contribution in [1.82, 2.24) is 4.57 Å². The number of methoxy groups -OCH3 is 1. The zero-order chi connectivity index (χ0) is 33.5. The maximum absolute atomic E-state index is 12.5. The third-order valence-electron chi connectivity index (χ3n) is 7.05. The Kier molecular flexibility index (Phi) is 10.9. The fraction of sp³-hybridized carbons (Fsp3) is 0.333. The first-order valence-corrected chi connectivity index (χ1v) is 14.6. The van der Waals surface area contributed by atoms with Crippen LogP contribution in [0, 0.1) is 16.0 Å². The summed E-state index contributed by atoms with van der Waals surface area (Å²) < 4.78 is 35.3. The molecule has 0 N–H and O–H groups in total. The molecule has 2 heterocycles. The van der Waals surface area contributed by atoms with Crippen molar-refractivity contribution in [2.45, 2.75) is 58.3 Å². The van der Waals surface area contributed by atoms with Crippen LogP contribution >= 0.6 is 12.2 Å². The molecule has 3 aromatic rings. The van der Waals surface area contributed by atoms with Crippen LogP contribution in [-0.2, 0) is 42.9 Å². The van der Waals surface area contributed by atoms with Crippen LogP contribution < -0.4 is 4.74 Å². The molecule has 0 saturated carbocycles. The molecule has 0 spiro atoms. The second-order valence-corrected chi connectivity index (χ2v) is 10.7. The Labute approximate surface area is 270 Å². The number of nitrogens with zero attached hydrogens (tertiary/aromatic N) is 2. The number of pyridine rings is 1. The summed E-state index contributed by atoms with van der Waals surface area (Å²) in [5.74, 6) is -2.32. The molecule has 0 aliphatic carbocycles. The van der Waals surface area contributed by atoms with Crippen LogP contribution in [0.25, 0.3) is 22.4 Å². The lowest BCUT2D eigenvalue weighted by Crippen LogP contribution is -2.60. The maximum atomic E-state index is 12.5. The van der Waals surface area contributed by atoms with Gasteiger partial charge in [0.2, 0.25) is 0 Å². The molecule has 1 aliphatic heterocycles. The molecule has 0 bridgehead atoms. The topological polar surface area (TPSA) is 152 Å². The van der Waals surface area contributed by atoms with Crippen LogP contribution in [0.15, 0.2) is 60.7 Å². The molecule has 0 amide bonds. The third kappa shape index (κ3) is 7.59. The predicted molar refractivity (Wildman–Crippen MR) is 165 cm³/mol. The zero-order valence-corrected chi connectivity index (χ0v) is 26.6. The highest BCUT2D eigenvalue weighted by Gasteiger charge is 2.53. The average Bonchev–Trinajstić information content (AvgIpc) is 3.01. The molecule has 5 atom stereocenters. The number of carbonyl (C=O) groups excluding carboxylic acids is 4. The minimum Gasteiger partial charge on any atom is -0.497 e. The Bertz CT molecular complexity index is 1720. The van der Waals surface area contributed by atoms with Crippen LogP contribution in [0.1, 0.15) is 39.5 Å². The summed E-state index contributed by atoms with van der Waals surface area (Å²) in [5.41, 5.74) is 2.40. The van der Waals surface area contributed by atoms with Crippen molar-refractivity contribution < 1.29 is 47.6 Å². The number of rotatable bonds is 9. The van der Waals surface area contributed by atoms with Crippen molar-refractivity contribution in [3.63, 3.8) is 0 Å². The van der Waals surface area contributed by atoms with Gasteiger partial charge in [-0.05, 0) is 29.3 Å². The van der Waals surface area contributed by atoms with Gasteiger partial charge in [-0.1, -0.05) is 54.7 Å². The van der Waals surface area contributed by atoms with E-state index in [1.165, 1.54) is 11.5 Å². The van der Waals surface area contributed by atoms with Crippen molar-refractivity contribution in [2.75, 3.05) is 13.7 Å². The second-order valence-electron chi connectivity index (χ2n) is 10.3. The van der Waals surface area contributed by atoms with E-state index in [9.17, 15) is 24.4 Å². The lowest BCUT2D eigenvalue weighted by molar-refractivity contribution is -0.268. The Morgan fingerprint density at radius 3 is 1.96 bits per heavy atom. The van der Waals surface area contributed by atoms with E-state index in [0.717, 1.165) is 20.8 Å². The standard InChI is InChI=1S/C33H32N2O10S/c1-18(36)41-17-28-29(42-19(2)37)30(43-20(3)38)31(44-21(4)39)32(45-28)35-27(23-9-7-6-8-10-23)15-25(26(16-34)33(35)46)22-11-13-24(40-5)14-12-22/h6-15,28-32H,17H2,1-5H3/t28-,29-,30+,31+,32-/m1/s1. The minimum atomic E-state index is -1.44. The van der Waals surface area contributed by atoms with Gasteiger partial charge in [0.25, 0.3) is 0 Å². The molecular weight excluding hydrogens is 616 g/mol. The molecular formula is C33H32N2O10S. The van der Waals surface area contributed by atoms with E-state index >= 15 is 0 Å². The molecule has 0 unspecified atom stereocenters. The van der Waals surface area contributed by atoms with Crippen molar-refractivity contribution in [3.8, 4) is 34.2 Å². The highest BCUT2D eigenvalue weighted by atomic mass is 32.1. The minimum absolute atomic E-state index is 0.00979. The number of aromatic nitrogens is 1. The van der Waals surface area contributed by atoms with Gasteiger partial charge in [-0.15, -0.1) is 0 Å². The monoisotopic (exact) mass is 648 g/mol. The maximum Gasteiger partial charge on any atom is 0.303 e. The summed E-state index contributed by atoms with van der Waals surface area (Å²) in [7, 11) is 1.55. The number of ether oxygens (including phenoxy) is 6. The van der Waals surface area contributed by atoms with Crippen molar-refractivity contribution in [1.29, 1.82) is 5.26 Å². The van der Waals surface area contributed by atoms with Crippen LogP contribution in [-0.4, -0.2) is 66.6 Å². The SMILES string of the molecule is COc1ccc(-c2cc(-c3ccccc3)n([C@@H]3O[C@H](COC(C)=O)[C@@H](OC(C)=O)[C@H](OC(C)=O)[C@@H]3OC(C)=O)c(=S)c2C#N)cc1. The molecule has 12 nitrogen and oxygen atoms in total. The largest absolute Gasteiger partial charge is 0.497 e. The van der Waals surface area contributed by atoms with Crippen molar-refractivity contribution >= 4 is 36.1 Å². The van der Waals surface area contributed by atoms with E-state index < -0.39 is 61.1 Å². The summed E-state index contributed by atoms with van der Waals surface area (Å²) in [4.78, 5) is 48.9. The van der Waals surface area contributed by atoms with Crippen LogP contribution in [0.3, 0.4) is 0 Å². The highest BCUT2D eigenvalue weighted by Crippen LogP contribution is 2.40. The molecule has 1 saturated heterocycles. The van der Waals surface area contributed by atoms with Crippen LogP contribution in [0.4, 0.5) is 0 Å². The van der Waals surface area contributed by atoms with Gasteiger partial charge in [0.15, 0.2) is 24.5 Å². The molecule has 240 valence electrons. The van der Waals surface area contributed by atoms with E-state index in [1.54, 1.807) is 49.6 Å². The van der Waals surface area contributed by atoms with E-state index in [2.05, 4.69) is 6.07 Å². The van der Waals surface area contributed by atoms with E-state index in [1.807, 2.05) is 18.2 Å². The summed E-state index contributed by atoms with van der Waals surface area (Å²) in [6.07, 6.45) is -6.80. The quantitative estimate of drug-likeness (QED) is 0.180. The van der Waals surface area contributed by atoms with E-state index in [4.69, 9.17) is 40.6 Å². The number of hydrogen-bond donors (Lipinski definition) is 0. The second kappa shape index (κ2) is 14.8.